The van der Waals surface area contributed by atoms with E-state index in [-0.39, 0.29) is 0 Å². The van der Waals surface area contributed by atoms with Gasteiger partial charge in [0.25, 0.3) is 0 Å². The van der Waals surface area contributed by atoms with Crippen molar-refractivity contribution >= 4 is 11.6 Å². The summed E-state index contributed by atoms with van der Waals surface area (Å²) >= 11 is 6.46. The molecule has 1 aliphatic carbocycles. The third-order valence-corrected chi connectivity index (χ3v) is 5.48. The minimum atomic E-state index is 0.447. The smallest absolute Gasteiger partial charge is 0.0441 e. The van der Waals surface area contributed by atoms with Gasteiger partial charge < -0.3 is 5.32 Å². The van der Waals surface area contributed by atoms with Crippen LogP contribution in [0.5, 0.6) is 0 Å². The van der Waals surface area contributed by atoms with Crippen LogP contribution in [0.4, 0.5) is 0 Å². The van der Waals surface area contributed by atoms with Crippen LogP contribution in [0.3, 0.4) is 0 Å². The topological polar surface area (TPSA) is 12.0 Å². The number of halogens is 1. The molecule has 0 amide bonds. The third-order valence-electron chi connectivity index (χ3n) is 5.13. The largest absolute Gasteiger partial charge is 0.313 e. The summed E-state index contributed by atoms with van der Waals surface area (Å²) in [6, 6.07) is 7.02. The van der Waals surface area contributed by atoms with Crippen molar-refractivity contribution in [2.45, 2.75) is 65.8 Å². The number of benzene rings is 1. The maximum Gasteiger partial charge on any atom is 0.0441 e. The Hall–Kier alpha value is -0.530. The quantitative estimate of drug-likeness (QED) is 0.743. The van der Waals surface area contributed by atoms with E-state index in [2.05, 4.69) is 51.2 Å². The number of hydrogen-bond donors (Lipinski definition) is 1. The van der Waals surface area contributed by atoms with Crippen molar-refractivity contribution in [3.05, 3.63) is 34.3 Å². The maximum absolute atomic E-state index is 6.46. The van der Waals surface area contributed by atoms with Gasteiger partial charge in [-0.2, -0.15) is 0 Å². The predicted octanol–water partition coefficient (Wildman–Crippen LogP) is 5.39. The van der Waals surface area contributed by atoms with E-state index in [0.717, 1.165) is 23.9 Å². The van der Waals surface area contributed by atoms with Gasteiger partial charge >= 0.3 is 0 Å². The molecule has 21 heavy (non-hydrogen) atoms. The monoisotopic (exact) mass is 307 g/mol. The second-order valence-electron chi connectivity index (χ2n) is 7.35. The summed E-state index contributed by atoms with van der Waals surface area (Å²) in [6.07, 6.45) is 6.30. The molecule has 0 saturated heterocycles. The summed E-state index contributed by atoms with van der Waals surface area (Å²) in [5.74, 6) is 0.751. The molecule has 2 rings (SSSR count). The van der Waals surface area contributed by atoms with Crippen LogP contribution in [0.15, 0.2) is 18.2 Å². The van der Waals surface area contributed by atoms with Crippen LogP contribution in [-0.2, 0) is 6.42 Å². The molecule has 1 nitrogen and oxygen atoms in total. The van der Waals surface area contributed by atoms with Crippen molar-refractivity contribution in [1.29, 1.82) is 0 Å². The van der Waals surface area contributed by atoms with Gasteiger partial charge in [0, 0.05) is 11.1 Å². The summed E-state index contributed by atoms with van der Waals surface area (Å²) < 4.78 is 0. The molecule has 0 spiro atoms. The van der Waals surface area contributed by atoms with Gasteiger partial charge in [0.2, 0.25) is 0 Å². The molecule has 2 atom stereocenters. The zero-order valence-electron chi connectivity index (χ0n) is 14.0. The second kappa shape index (κ2) is 7.15. The Labute approximate surface area is 135 Å². The molecule has 1 fully saturated rings. The van der Waals surface area contributed by atoms with E-state index in [4.69, 9.17) is 11.6 Å². The van der Waals surface area contributed by atoms with Crippen LogP contribution in [-0.4, -0.2) is 12.6 Å². The Balaban J connectivity index is 2.16. The summed E-state index contributed by atoms with van der Waals surface area (Å²) in [4.78, 5) is 0. The van der Waals surface area contributed by atoms with Gasteiger partial charge in [0.15, 0.2) is 0 Å². The van der Waals surface area contributed by atoms with Crippen molar-refractivity contribution in [1.82, 2.24) is 5.32 Å². The Morgan fingerprint density at radius 3 is 2.71 bits per heavy atom. The molecule has 1 N–H and O–H groups in total. The number of hydrogen-bond acceptors (Lipinski definition) is 1. The molecule has 0 aromatic heterocycles. The fourth-order valence-electron chi connectivity index (χ4n) is 3.84. The van der Waals surface area contributed by atoms with Crippen LogP contribution in [0, 0.1) is 18.3 Å². The van der Waals surface area contributed by atoms with Crippen LogP contribution < -0.4 is 5.32 Å². The van der Waals surface area contributed by atoms with Crippen molar-refractivity contribution < 1.29 is 0 Å². The molecule has 0 aliphatic heterocycles. The van der Waals surface area contributed by atoms with Crippen molar-refractivity contribution in [2.75, 3.05) is 6.54 Å². The van der Waals surface area contributed by atoms with Gasteiger partial charge in [0.05, 0.1) is 0 Å². The SMILES string of the molecule is CCCNC(Cc1ccc(C)cc1Cl)C1CCCC1(C)C. The standard InChI is InChI=1S/C19H30ClN/c1-5-11-21-18(16-7-6-10-19(16,3)4)13-15-9-8-14(2)12-17(15)20/h8-9,12,16,18,21H,5-7,10-11,13H2,1-4H3. The first-order valence-electron chi connectivity index (χ1n) is 8.42. The normalized spacial score (nSPS) is 22.4. The zero-order chi connectivity index (χ0) is 15.5. The molecule has 0 heterocycles. The van der Waals surface area contributed by atoms with Crippen LogP contribution >= 0.6 is 11.6 Å². The minimum Gasteiger partial charge on any atom is -0.313 e. The van der Waals surface area contributed by atoms with Gasteiger partial charge in [-0.15, -0.1) is 0 Å². The van der Waals surface area contributed by atoms with E-state index in [9.17, 15) is 0 Å². The molecule has 2 unspecified atom stereocenters. The summed E-state index contributed by atoms with van der Waals surface area (Å²) in [5.41, 5.74) is 2.98. The highest BCUT2D eigenvalue weighted by atomic mass is 35.5. The highest BCUT2D eigenvalue weighted by molar-refractivity contribution is 6.31. The lowest BCUT2D eigenvalue weighted by Gasteiger charge is -2.35. The van der Waals surface area contributed by atoms with Gasteiger partial charge in [-0.1, -0.05) is 50.9 Å². The van der Waals surface area contributed by atoms with E-state index in [1.165, 1.54) is 36.8 Å². The molecule has 1 aliphatic rings. The first-order valence-corrected chi connectivity index (χ1v) is 8.80. The van der Waals surface area contributed by atoms with E-state index < -0.39 is 0 Å². The summed E-state index contributed by atoms with van der Waals surface area (Å²) in [7, 11) is 0. The molecule has 2 heteroatoms. The average molecular weight is 308 g/mol. The average Bonchev–Trinajstić information content (AvgIpc) is 2.76. The van der Waals surface area contributed by atoms with E-state index in [0.29, 0.717) is 11.5 Å². The molecule has 1 aromatic rings. The summed E-state index contributed by atoms with van der Waals surface area (Å²) in [5, 5.41) is 4.72. The predicted molar refractivity (Wildman–Crippen MR) is 93.1 cm³/mol. The highest BCUT2D eigenvalue weighted by Gasteiger charge is 2.39. The number of nitrogens with one attached hydrogen (secondary N) is 1. The summed E-state index contributed by atoms with van der Waals surface area (Å²) in [6.45, 7) is 10.3. The first kappa shape index (κ1) is 16.8. The van der Waals surface area contributed by atoms with Crippen LogP contribution in [0.25, 0.3) is 0 Å². The lowest BCUT2D eigenvalue weighted by molar-refractivity contribution is 0.195. The van der Waals surface area contributed by atoms with Crippen LogP contribution in [0.2, 0.25) is 5.02 Å². The molecule has 0 bridgehead atoms. The number of rotatable bonds is 6. The lowest BCUT2D eigenvalue weighted by atomic mass is 9.76. The molecule has 118 valence electrons. The molecule has 0 radical (unpaired) electrons. The second-order valence-corrected chi connectivity index (χ2v) is 7.75. The van der Waals surface area contributed by atoms with Gasteiger partial charge in [0.1, 0.15) is 0 Å². The van der Waals surface area contributed by atoms with E-state index >= 15 is 0 Å². The fraction of sp³-hybridized carbons (Fsp3) is 0.684. The molecular formula is C19H30ClN. The Morgan fingerprint density at radius 2 is 2.14 bits per heavy atom. The van der Waals surface area contributed by atoms with Gasteiger partial charge in [-0.05, 0) is 67.7 Å². The maximum atomic E-state index is 6.46. The fourth-order valence-corrected chi connectivity index (χ4v) is 4.15. The lowest BCUT2D eigenvalue weighted by Crippen LogP contribution is -2.42. The number of aryl methyl sites for hydroxylation is 1. The zero-order valence-corrected chi connectivity index (χ0v) is 14.8. The van der Waals surface area contributed by atoms with Crippen molar-refractivity contribution in [3.8, 4) is 0 Å². The van der Waals surface area contributed by atoms with Gasteiger partial charge in [-0.25, -0.2) is 0 Å². The molecule has 1 saturated carbocycles. The minimum absolute atomic E-state index is 0.447. The molecule has 1 aromatic carbocycles. The van der Waals surface area contributed by atoms with E-state index in [1.54, 1.807) is 0 Å². The Kier molecular flexibility index (Phi) is 5.73. The van der Waals surface area contributed by atoms with Crippen molar-refractivity contribution in [3.63, 3.8) is 0 Å². The van der Waals surface area contributed by atoms with Gasteiger partial charge in [-0.3, -0.25) is 0 Å². The Bertz CT molecular complexity index is 467. The first-order chi connectivity index (χ1) is 9.94. The highest BCUT2D eigenvalue weighted by Crippen LogP contribution is 2.45. The van der Waals surface area contributed by atoms with E-state index in [1.807, 2.05) is 0 Å². The van der Waals surface area contributed by atoms with Crippen LogP contribution in [0.1, 0.15) is 57.6 Å². The van der Waals surface area contributed by atoms with Crippen molar-refractivity contribution in [2.24, 2.45) is 11.3 Å². The third kappa shape index (κ3) is 4.23. The Morgan fingerprint density at radius 1 is 1.38 bits per heavy atom. The molecular weight excluding hydrogens is 278 g/mol.